The van der Waals surface area contributed by atoms with Crippen molar-refractivity contribution in [3.8, 4) is 11.1 Å². The highest BCUT2D eigenvalue weighted by Crippen LogP contribution is 2.48. The van der Waals surface area contributed by atoms with Crippen LogP contribution in [0, 0.1) is 6.92 Å². The molecule has 0 aliphatic carbocycles. The smallest absolute Gasteiger partial charge is 0.228 e. The second-order valence-corrected chi connectivity index (χ2v) is 9.87. The van der Waals surface area contributed by atoms with Gasteiger partial charge in [-0.25, -0.2) is 0 Å². The Kier molecular flexibility index (Phi) is 6.06. The van der Waals surface area contributed by atoms with E-state index in [1.165, 1.54) is 22.3 Å². The molecular weight excluding hydrogens is 398 g/mol. The molecule has 0 N–H and O–H groups in total. The number of carbonyl (C=O) groups is 1. The maximum Gasteiger partial charge on any atom is 0.228 e. The minimum atomic E-state index is 0.0256. The lowest BCUT2D eigenvalue weighted by molar-refractivity contribution is -0.119. The van der Waals surface area contributed by atoms with Crippen molar-refractivity contribution in [2.24, 2.45) is 0 Å². The van der Waals surface area contributed by atoms with Gasteiger partial charge in [0, 0.05) is 70.0 Å². The molecule has 1 amide bonds. The molecule has 3 heterocycles. The SMILES string of the molecule is Cc1ccc(-c2ccc3c(c2)C2(CCOCC2)CN3C(=O)CCN2CCN(C)CC2)cc1. The molecule has 2 aromatic rings. The second-order valence-electron chi connectivity index (χ2n) is 9.87. The average molecular weight is 434 g/mol. The molecule has 2 saturated heterocycles. The Morgan fingerprint density at radius 2 is 1.66 bits per heavy atom. The van der Waals surface area contributed by atoms with Gasteiger partial charge in [-0.15, -0.1) is 0 Å². The summed E-state index contributed by atoms with van der Waals surface area (Å²) in [7, 11) is 2.17. The van der Waals surface area contributed by atoms with Crippen LogP contribution in [-0.2, 0) is 14.9 Å². The maximum absolute atomic E-state index is 13.4. The third-order valence-electron chi connectivity index (χ3n) is 7.69. The number of carbonyl (C=O) groups excluding carboxylic acids is 1. The Labute approximate surface area is 191 Å². The fraction of sp³-hybridized carbons (Fsp3) is 0.519. The largest absolute Gasteiger partial charge is 0.381 e. The number of hydrogen-bond acceptors (Lipinski definition) is 4. The van der Waals surface area contributed by atoms with E-state index in [1.54, 1.807) is 0 Å². The molecule has 0 bridgehead atoms. The third kappa shape index (κ3) is 4.21. The molecule has 0 unspecified atom stereocenters. The molecule has 3 aliphatic heterocycles. The van der Waals surface area contributed by atoms with Gasteiger partial charge in [-0.2, -0.15) is 0 Å². The lowest BCUT2D eigenvalue weighted by atomic mass is 9.75. The summed E-state index contributed by atoms with van der Waals surface area (Å²) in [6.45, 7) is 9.62. The Balaban J connectivity index is 1.39. The number of aryl methyl sites for hydroxylation is 1. The van der Waals surface area contributed by atoms with Crippen LogP contribution in [0.1, 0.15) is 30.4 Å². The maximum atomic E-state index is 13.4. The van der Waals surface area contributed by atoms with E-state index in [-0.39, 0.29) is 11.3 Å². The summed E-state index contributed by atoms with van der Waals surface area (Å²) in [5.41, 5.74) is 6.23. The van der Waals surface area contributed by atoms with Crippen molar-refractivity contribution in [3.63, 3.8) is 0 Å². The Bertz CT molecular complexity index is 957. The molecule has 0 aromatic heterocycles. The van der Waals surface area contributed by atoms with Gasteiger partial charge in [0.2, 0.25) is 5.91 Å². The number of benzene rings is 2. The third-order valence-corrected chi connectivity index (χ3v) is 7.69. The number of likely N-dealkylation sites (N-methyl/N-ethyl adjacent to an activating group) is 1. The molecule has 170 valence electrons. The van der Waals surface area contributed by atoms with Crippen molar-refractivity contribution in [2.45, 2.75) is 31.6 Å². The highest BCUT2D eigenvalue weighted by atomic mass is 16.5. The molecule has 2 aromatic carbocycles. The van der Waals surface area contributed by atoms with Crippen LogP contribution in [0.4, 0.5) is 5.69 Å². The number of nitrogens with zero attached hydrogens (tertiary/aromatic N) is 3. The zero-order chi connectivity index (χ0) is 22.1. The number of amides is 1. The highest BCUT2D eigenvalue weighted by molar-refractivity contribution is 5.97. The van der Waals surface area contributed by atoms with Gasteiger partial charge in [0.05, 0.1) is 0 Å². The average Bonchev–Trinajstić information content (AvgIpc) is 3.12. The first-order chi connectivity index (χ1) is 15.5. The monoisotopic (exact) mass is 433 g/mol. The number of piperazine rings is 1. The minimum Gasteiger partial charge on any atom is -0.381 e. The fourth-order valence-electron chi connectivity index (χ4n) is 5.47. The normalized spacial score (nSPS) is 21.1. The van der Waals surface area contributed by atoms with Crippen LogP contribution in [-0.4, -0.2) is 75.2 Å². The summed E-state index contributed by atoms with van der Waals surface area (Å²) in [5.74, 6) is 0.261. The predicted octanol–water partition coefficient (Wildman–Crippen LogP) is 3.69. The van der Waals surface area contributed by atoms with Crippen LogP contribution in [0.15, 0.2) is 42.5 Å². The van der Waals surface area contributed by atoms with Crippen LogP contribution in [0.3, 0.4) is 0 Å². The number of hydrogen-bond donors (Lipinski definition) is 0. The molecule has 0 radical (unpaired) electrons. The summed E-state index contributed by atoms with van der Waals surface area (Å²) >= 11 is 0. The summed E-state index contributed by atoms with van der Waals surface area (Å²) in [6.07, 6.45) is 2.56. The van der Waals surface area contributed by atoms with E-state index in [9.17, 15) is 4.79 Å². The first-order valence-corrected chi connectivity index (χ1v) is 12.0. The van der Waals surface area contributed by atoms with E-state index in [1.807, 2.05) is 0 Å². The quantitative estimate of drug-likeness (QED) is 0.737. The first-order valence-electron chi connectivity index (χ1n) is 12.0. The first kappa shape index (κ1) is 21.6. The van der Waals surface area contributed by atoms with Gasteiger partial charge in [0.15, 0.2) is 0 Å². The Morgan fingerprint density at radius 1 is 0.969 bits per heavy atom. The Hall–Kier alpha value is -2.21. The minimum absolute atomic E-state index is 0.0256. The van der Waals surface area contributed by atoms with Crippen molar-refractivity contribution in [2.75, 3.05) is 64.4 Å². The Morgan fingerprint density at radius 3 is 2.38 bits per heavy atom. The number of ether oxygens (including phenoxy) is 1. The summed E-state index contributed by atoms with van der Waals surface area (Å²) in [5, 5.41) is 0. The van der Waals surface area contributed by atoms with Crippen molar-refractivity contribution in [3.05, 3.63) is 53.6 Å². The second kappa shape index (κ2) is 8.97. The van der Waals surface area contributed by atoms with Crippen molar-refractivity contribution in [1.29, 1.82) is 0 Å². The van der Waals surface area contributed by atoms with Crippen molar-refractivity contribution >= 4 is 11.6 Å². The van der Waals surface area contributed by atoms with E-state index < -0.39 is 0 Å². The van der Waals surface area contributed by atoms with E-state index >= 15 is 0 Å². The molecule has 5 rings (SSSR count). The topological polar surface area (TPSA) is 36.0 Å². The van der Waals surface area contributed by atoms with Gasteiger partial charge in [-0.1, -0.05) is 35.9 Å². The van der Waals surface area contributed by atoms with Crippen molar-refractivity contribution in [1.82, 2.24) is 9.80 Å². The summed E-state index contributed by atoms with van der Waals surface area (Å²) < 4.78 is 5.72. The molecule has 1 spiro atoms. The lowest BCUT2D eigenvalue weighted by Gasteiger charge is -2.34. The number of anilines is 1. The van der Waals surface area contributed by atoms with E-state index in [2.05, 4.69) is 71.1 Å². The van der Waals surface area contributed by atoms with Crippen LogP contribution < -0.4 is 4.90 Å². The highest BCUT2D eigenvalue weighted by Gasteiger charge is 2.45. The molecule has 0 atom stereocenters. The van der Waals surface area contributed by atoms with E-state index in [0.29, 0.717) is 6.42 Å². The molecule has 5 heteroatoms. The standard InChI is InChI=1S/C27H35N3O2/c1-21-3-5-22(6-4-21)23-7-8-25-24(19-23)27(10-17-32-18-11-27)20-30(25)26(31)9-12-29-15-13-28(2)14-16-29/h3-8,19H,9-18,20H2,1-2H3. The summed E-state index contributed by atoms with van der Waals surface area (Å²) in [4.78, 5) is 20.3. The molecule has 3 aliphatic rings. The zero-order valence-electron chi connectivity index (χ0n) is 19.5. The van der Waals surface area contributed by atoms with Gasteiger partial charge in [0.1, 0.15) is 0 Å². The number of rotatable bonds is 4. The van der Waals surface area contributed by atoms with Gasteiger partial charge < -0.3 is 19.4 Å². The van der Waals surface area contributed by atoms with Gasteiger partial charge in [-0.05, 0) is 55.6 Å². The molecular formula is C27H35N3O2. The van der Waals surface area contributed by atoms with E-state index in [0.717, 1.165) is 71.0 Å². The molecule has 32 heavy (non-hydrogen) atoms. The predicted molar refractivity (Wildman–Crippen MR) is 129 cm³/mol. The summed E-state index contributed by atoms with van der Waals surface area (Å²) in [6, 6.07) is 15.4. The van der Waals surface area contributed by atoms with Crippen molar-refractivity contribution < 1.29 is 9.53 Å². The number of fused-ring (bicyclic) bond motifs is 2. The molecule has 0 saturated carbocycles. The molecule has 2 fully saturated rings. The van der Waals surface area contributed by atoms with Crippen LogP contribution in [0.25, 0.3) is 11.1 Å². The van der Waals surface area contributed by atoms with Gasteiger partial charge >= 0.3 is 0 Å². The fourth-order valence-corrected chi connectivity index (χ4v) is 5.47. The molecule has 5 nitrogen and oxygen atoms in total. The van der Waals surface area contributed by atoms with Gasteiger partial charge in [-0.3, -0.25) is 4.79 Å². The van der Waals surface area contributed by atoms with Crippen LogP contribution >= 0.6 is 0 Å². The van der Waals surface area contributed by atoms with Gasteiger partial charge in [0.25, 0.3) is 0 Å². The lowest BCUT2D eigenvalue weighted by Crippen LogP contribution is -2.46. The van der Waals surface area contributed by atoms with Crippen LogP contribution in [0.5, 0.6) is 0 Å². The zero-order valence-corrected chi connectivity index (χ0v) is 19.5. The van der Waals surface area contributed by atoms with E-state index in [4.69, 9.17) is 4.74 Å². The van der Waals surface area contributed by atoms with Crippen LogP contribution in [0.2, 0.25) is 0 Å².